The van der Waals surface area contributed by atoms with Crippen LogP contribution in [0, 0.1) is 17.5 Å². The predicted molar refractivity (Wildman–Crippen MR) is 68.0 cm³/mol. The fourth-order valence-corrected chi connectivity index (χ4v) is 2.69. The normalized spacial score (nSPS) is 11.3. The molecule has 0 fully saturated rings. The summed E-state index contributed by atoms with van der Waals surface area (Å²) in [5, 5.41) is 0. The number of halogens is 3. The molecule has 3 N–H and O–H groups in total. The van der Waals surface area contributed by atoms with E-state index in [0.717, 1.165) is 18.2 Å². The Morgan fingerprint density at radius 3 is 2.30 bits per heavy atom. The summed E-state index contributed by atoms with van der Waals surface area (Å²) in [6.45, 7) is 0. The van der Waals surface area contributed by atoms with Crippen LogP contribution in [0.2, 0.25) is 0 Å². The van der Waals surface area contributed by atoms with Gasteiger partial charge >= 0.3 is 0 Å². The van der Waals surface area contributed by atoms with E-state index in [4.69, 9.17) is 5.73 Å². The van der Waals surface area contributed by atoms with E-state index in [1.54, 1.807) is 0 Å². The SMILES string of the molecule is Nc1cccc(F)c1NS(=O)(=O)c1ccc(F)cc1F. The molecule has 0 atom stereocenters. The molecule has 0 aromatic heterocycles. The minimum absolute atomic E-state index is 0.156. The van der Waals surface area contributed by atoms with Gasteiger partial charge in [0.05, 0.1) is 5.69 Å². The van der Waals surface area contributed by atoms with E-state index in [1.807, 2.05) is 4.72 Å². The minimum atomic E-state index is -4.42. The maximum absolute atomic E-state index is 13.5. The summed E-state index contributed by atoms with van der Waals surface area (Å²) in [6, 6.07) is 5.50. The van der Waals surface area contributed by atoms with Crippen LogP contribution >= 0.6 is 0 Å². The van der Waals surface area contributed by atoms with Crippen molar-refractivity contribution in [3.05, 3.63) is 53.8 Å². The van der Waals surface area contributed by atoms with Crippen molar-refractivity contribution in [2.45, 2.75) is 4.90 Å². The molecule has 0 amide bonds. The quantitative estimate of drug-likeness (QED) is 0.856. The Morgan fingerprint density at radius 1 is 1.00 bits per heavy atom. The van der Waals surface area contributed by atoms with Crippen LogP contribution in [0.1, 0.15) is 0 Å². The summed E-state index contributed by atoms with van der Waals surface area (Å²) in [6.07, 6.45) is 0. The topological polar surface area (TPSA) is 72.2 Å². The molecule has 0 bridgehead atoms. The van der Waals surface area contributed by atoms with Crippen LogP contribution in [0.25, 0.3) is 0 Å². The van der Waals surface area contributed by atoms with E-state index in [9.17, 15) is 21.6 Å². The van der Waals surface area contributed by atoms with Gasteiger partial charge in [0, 0.05) is 6.07 Å². The first-order valence-electron chi connectivity index (χ1n) is 5.33. The summed E-state index contributed by atoms with van der Waals surface area (Å²) in [4.78, 5) is -0.804. The molecule has 20 heavy (non-hydrogen) atoms. The van der Waals surface area contributed by atoms with Crippen molar-refractivity contribution >= 4 is 21.4 Å². The first-order chi connectivity index (χ1) is 9.31. The summed E-state index contributed by atoms with van der Waals surface area (Å²) >= 11 is 0. The van der Waals surface area contributed by atoms with Crippen molar-refractivity contribution in [1.82, 2.24) is 0 Å². The fourth-order valence-electron chi connectivity index (χ4n) is 1.53. The largest absolute Gasteiger partial charge is 0.397 e. The van der Waals surface area contributed by atoms with Crippen LogP contribution in [0.5, 0.6) is 0 Å². The third-order valence-corrected chi connectivity index (χ3v) is 3.85. The maximum Gasteiger partial charge on any atom is 0.264 e. The van der Waals surface area contributed by atoms with Gasteiger partial charge in [-0.25, -0.2) is 21.6 Å². The van der Waals surface area contributed by atoms with Crippen molar-refractivity contribution < 1.29 is 21.6 Å². The number of sulfonamides is 1. The highest BCUT2D eigenvalue weighted by molar-refractivity contribution is 7.92. The van der Waals surface area contributed by atoms with Crippen LogP contribution in [0.4, 0.5) is 24.5 Å². The lowest BCUT2D eigenvalue weighted by Gasteiger charge is -2.11. The molecule has 2 aromatic carbocycles. The number of benzene rings is 2. The van der Waals surface area contributed by atoms with Gasteiger partial charge in [-0.15, -0.1) is 0 Å². The molecule has 0 saturated heterocycles. The Morgan fingerprint density at radius 2 is 1.70 bits per heavy atom. The second-order valence-corrected chi connectivity index (χ2v) is 5.54. The van der Waals surface area contributed by atoms with Gasteiger partial charge in [-0.1, -0.05) is 6.07 Å². The number of para-hydroxylation sites is 1. The average Bonchev–Trinajstić information content (AvgIpc) is 2.33. The summed E-state index contributed by atoms with van der Waals surface area (Å²) in [5.41, 5.74) is 4.80. The van der Waals surface area contributed by atoms with E-state index in [-0.39, 0.29) is 5.69 Å². The van der Waals surface area contributed by atoms with E-state index in [0.29, 0.717) is 6.07 Å². The Kier molecular flexibility index (Phi) is 3.58. The first-order valence-corrected chi connectivity index (χ1v) is 6.81. The van der Waals surface area contributed by atoms with E-state index < -0.39 is 38.1 Å². The highest BCUT2D eigenvalue weighted by Crippen LogP contribution is 2.26. The van der Waals surface area contributed by atoms with Crippen LogP contribution in [0.3, 0.4) is 0 Å². The number of nitrogens with two attached hydrogens (primary N) is 1. The molecule has 106 valence electrons. The molecule has 8 heteroatoms. The van der Waals surface area contributed by atoms with Gasteiger partial charge in [0.1, 0.15) is 28.0 Å². The average molecular weight is 302 g/mol. The molecule has 0 heterocycles. The Hall–Kier alpha value is -2.22. The lowest BCUT2D eigenvalue weighted by Crippen LogP contribution is -2.16. The van der Waals surface area contributed by atoms with Gasteiger partial charge in [-0.3, -0.25) is 4.72 Å². The molecular formula is C12H9F3N2O2S. The second-order valence-electron chi connectivity index (χ2n) is 3.88. The molecular weight excluding hydrogens is 293 g/mol. The molecule has 0 aliphatic heterocycles. The van der Waals surface area contributed by atoms with Crippen molar-refractivity contribution in [3.63, 3.8) is 0 Å². The van der Waals surface area contributed by atoms with E-state index in [1.165, 1.54) is 12.1 Å². The molecule has 2 aromatic rings. The van der Waals surface area contributed by atoms with Gasteiger partial charge in [-0.2, -0.15) is 0 Å². The standard InChI is InChI=1S/C12H9F3N2O2S/c13-7-4-5-11(9(15)6-7)20(18,19)17-12-8(14)2-1-3-10(12)16/h1-6,17H,16H2. The highest BCUT2D eigenvalue weighted by Gasteiger charge is 2.22. The fraction of sp³-hybridized carbons (Fsp3) is 0. The van der Waals surface area contributed by atoms with Gasteiger partial charge in [0.2, 0.25) is 0 Å². The third-order valence-electron chi connectivity index (χ3n) is 2.47. The Balaban J connectivity index is 2.46. The number of anilines is 2. The van der Waals surface area contributed by atoms with E-state index in [2.05, 4.69) is 0 Å². The molecule has 0 radical (unpaired) electrons. The zero-order valence-corrected chi connectivity index (χ0v) is 10.7. The van der Waals surface area contributed by atoms with Crippen molar-refractivity contribution in [3.8, 4) is 0 Å². The van der Waals surface area contributed by atoms with Crippen molar-refractivity contribution in [1.29, 1.82) is 0 Å². The maximum atomic E-state index is 13.5. The summed E-state index contributed by atoms with van der Waals surface area (Å²) in [5.74, 6) is -3.12. The number of nitrogens with one attached hydrogen (secondary N) is 1. The van der Waals surface area contributed by atoms with Crippen LogP contribution in [-0.4, -0.2) is 8.42 Å². The highest BCUT2D eigenvalue weighted by atomic mass is 32.2. The van der Waals surface area contributed by atoms with Crippen LogP contribution < -0.4 is 10.5 Å². The lowest BCUT2D eigenvalue weighted by atomic mass is 10.3. The molecule has 0 spiro atoms. The summed E-state index contributed by atoms with van der Waals surface area (Å²) in [7, 11) is -4.42. The lowest BCUT2D eigenvalue weighted by molar-refractivity contribution is 0.550. The number of hydrogen-bond acceptors (Lipinski definition) is 3. The summed E-state index contributed by atoms with van der Waals surface area (Å²) < 4.78 is 65.4. The molecule has 2 rings (SSSR count). The smallest absolute Gasteiger partial charge is 0.264 e. The number of nitrogen functional groups attached to an aromatic ring is 1. The molecule has 0 unspecified atom stereocenters. The number of rotatable bonds is 3. The van der Waals surface area contributed by atoms with Crippen molar-refractivity contribution in [2.75, 3.05) is 10.5 Å². The molecule has 0 aliphatic carbocycles. The minimum Gasteiger partial charge on any atom is -0.397 e. The van der Waals surface area contributed by atoms with Crippen molar-refractivity contribution in [2.24, 2.45) is 0 Å². The molecule has 0 saturated carbocycles. The number of hydrogen-bond donors (Lipinski definition) is 2. The molecule has 4 nitrogen and oxygen atoms in total. The third kappa shape index (κ3) is 2.69. The van der Waals surface area contributed by atoms with Gasteiger partial charge in [-0.05, 0) is 24.3 Å². The zero-order valence-electron chi connectivity index (χ0n) is 9.90. The van der Waals surface area contributed by atoms with Gasteiger partial charge < -0.3 is 5.73 Å². The Labute approximate surface area is 113 Å². The van der Waals surface area contributed by atoms with Crippen LogP contribution in [0.15, 0.2) is 41.3 Å². The van der Waals surface area contributed by atoms with E-state index >= 15 is 0 Å². The zero-order chi connectivity index (χ0) is 14.9. The van der Waals surface area contributed by atoms with Gasteiger partial charge in [0.15, 0.2) is 0 Å². The predicted octanol–water partition coefficient (Wildman–Crippen LogP) is 2.49. The van der Waals surface area contributed by atoms with Gasteiger partial charge in [0.25, 0.3) is 10.0 Å². The van der Waals surface area contributed by atoms with Crippen LogP contribution in [-0.2, 0) is 10.0 Å². The monoisotopic (exact) mass is 302 g/mol. The first kappa shape index (κ1) is 14.2. The Bertz CT molecular complexity index is 743. The second kappa shape index (κ2) is 5.04. The molecule has 0 aliphatic rings.